The van der Waals surface area contributed by atoms with Gasteiger partial charge in [0, 0.05) is 36.7 Å². The molecule has 0 unspecified atom stereocenters. The Bertz CT molecular complexity index is 1130. The standard InChI is InChI=1S/C27H30BrN3O4/c1-19-3-5-22(6-4-19)30-26(32)18-35-27-24(28)15-20(16-25(27)33-2)17-29-21-7-9-23(10-8-21)31-11-13-34-14-12-31/h3-10,15-16,29H,11-14,17-18H2,1-2H3,(H,30,32). The molecule has 184 valence electrons. The van der Waals surface area contributed by atoms with E-state index < -0.39 is 0 Å². The molecule has 35 heavy (non-hydrogen) atoms. The minimum atomic E-state index is -0.242. The number of morpholine rings is 1. The Morgan fingerprint density at radius 3 is 2.40 bits per heavy atom. The molecule has 0 aromatic heterocycles. The summed E-state index contributed by atoms with van der Waals surface area (Å²) < 4.78 is 17.5. The molecule has 1 aliphatic rings. The normalized spacial score (nSPS) is 13.3. The van der Waals surface area contributed by atoms with Crippen LogP contribution in [0.5, 0.6) is 11.5 Å². The molecular weight excluding hydrogens is 510 g/mol. The average molecular weight is 540 g/mol. The summed E-state index contributed by atoms with van der Waals surface area (Å²) in [5.41, 5.74) is 5.12. The fourth-order valence-corrected chi connectivity index (χ4v) is 4.41. The summed E-state index contributed by atoms with van der Waals surface area (Å²) in [5.74, 6) is 0.807. The molecule has 2 N–H and O–H groups in total. The summed E-state index contributed by atoms with van der Waals surface area (Å²) in [4.78, 5) is 14.6. The molecule has 4 rings (SSSR count). The number of halogens is 1. The number of benzene rings is 3. The van der Waals surface area contributed by atoms with Gasteiger partial charge in [-0.05, 0) is 76.9 Å². The highest BCUT2D eigenvalue weighted by atomic mass is 79.9. The molecule has 1 amide bonds. The number of hydrogen-bond acceptors (Lipinski definition) is 6. The van der Waals surface area contributed by atoms with Gasteiger partial charge in [-0.25, -0.2) is 0 Å². The first kappa shape index (κ1) is 24.9. The first-order valence-corrected chi connectivity index (χ1v) is 12.3. The number of hydrogen-bond donors (Lipinski definition) is 2. The highest BCUT2D eigenvalue weighted by Crippen LogP contribution is 2.37. The quantitative estimate of drug-likeness (QED) is 0.387. The number of ether oxygens (including phenoxy) is 3. The van der Waals surface area contributed by atoms with Crippen molar-refractivity contribution in [3.63, 3.8) is 0 Å². The van der Waals surface area contributed by atoms with E-state index in [0.29, 0.717) is 18.0 Å². The van der Waals surface area contributed by atoms with Gasteiger partial charge in [0.2, 0.25) is 0 Å². The zero-order valence-electron chi connectivity index (χ0n) is 20.0. The van der Waals surface area contributed by atoms with Gasteiger partial charge >= 0.3 is 0 Å². The van der Waals surface area contributed by atoms with Gasteiger partial charge in [-0.1, -0.05) is 17.7 Å². The predicted octanol–water partition coefficient (Wildman–Crippen LogP) is 5.23. The van der Waals surface area contributed by atoms with E-state index >= 15 is 0 Å². The van der Waals surface area contributed by atoms with Gasteiger partial charge < -0.3 is 29.7 Å². The summed E-state index contributed by atoms with van der Waals surface area (Å²) in [6.45, 7) is 5.86. The fraction of sp³-hybridized carbons (Fsp3) is 0.296. The van der Waals surface area contributed by atoms with Crippen molar-refractivity contribution in [3.05, 3.63) is 76.3 Å². The zero-order valence-corrected chi connectivity index (χ0v) is 21.6. The van der Waals surface area contributed by atoms with Crippen LogP contribution in [-0.4, -0.2) is 45.9 Å². The first-order valence-electron chi connectivity index (χ1n) is 11.5. The van der Waals surface area contributed by atoms with Gasteiger partial charge in [-0.2, -0.15) is 0 Å². The number of aryl methyl sites for hydroxylation is 1. The summed E-state index contributed by atoms with van der Waals surface area (Å²) in [7, 11) is 1.59. The van der Waals surface area contributed by atoms with Crippen LogP contribution in [0, 0.1) is 6.92 Å². The number of carbonyl (C=O) groups is 1. The Morgan fingerprint density at radius 1 is 1.03 bits per heavy atom. The molecule has 0 spiro atoms. The van der Waals surface area contributed by atoms with Gasteiger partial charge in [0.15, 0.2) is 18.1 Å². The minimum absolute atomic E-state index is 0.129. The minimum Gasteiger partial charge on any atom is -0.493 e. The third-order valence-corrected chi connectivity index (χ3v) is 6.30. The number of nitrogens with zero attached hydrogens (tertiary/aromatic N) is 1. The monoisotopic (exact) mass is 539 g/mol. The van der Waals surface area contributed by atoms with E-state index in [0.717, 1.165) is 53.3 Å². The van der Waals surface area contributed by atoms with Crippen LogP contribution in [0.2, 0.25) is 0 Å². The van der Waals surface area contributed by atoms with Crippen LogP contribution in [0.3, 0.4) is 0 Å². The average Bonchev–Trinajstić information content (AvgIpc) is 2.88. The lowest BCUT2D eigenvalue weighted by Crippen LogP contribution is -2.36. The number of methoxy groups -OCH3 is 1. The van der Waals surface area contributed by atoms with E-state index in [1.165, 1.54) is 5.69 Å². The zero-order chi connectivity index (χ0) is 24.6. The summed E-state index contributed by atoms with van der Waals surface area (Å²) >= 11 is 3.56. The van der Waals surface area contributed by atoms with Crippen molar-refractivity contribution in [1.82, 2.24) is 0 Å². The Hall–Kier alpha value is -3.23. The van der Waals surface area contributed by atoms with Crippen LogP contribution < -0.4 is 25.0 Å². The first-order chi connectivity index (χ1) is 17.0. The molecule has 0 saturated carbocycles. The predicted molar refractivity (Wildman–Crippen MR) is 143 cm³/mol. The van der Waals surface area contributed by atoms with Crippen LogP contribution >= 0.6 is 15.9 Å². The third-order valence-electron chi connectivity index (χ3n) is 5.71. The molecule has 0 atom stereocenters. The number of amides is 1. The smallest absolute Gasteiger partial charge is 0.262 e. The van der Waals surface area contributed by atoms with Crippen molar-refractivity contribution in [2.45, 2.75) is 13.5 Å². The van der Waals surface area contributed by atoms with Crippen molar-refractivity contribution >= 4 is 38.9 Å². The maximum absolute atomic E-state index is 12.3. The molecule has 0 radical (unpaired) electrons. The van der Waals surface area contributed by atoms with E-state index in [-0.39, 0.29) is 12.5 Å². The topological polar surface area (TPSA) is 72.1 Å². The molecule has 1 fully saturated rings. The van der Waals surface area contributed by atoms with Gasteiger partial charge in [-0.3, -0.25) is 4.79 Å². The maximum atomic E-state index is 12.3. The molecule has 3 aromatic carbocycles. The van der Waals surface area contributed by atoms with E-state index in [4.69, 9.17) is 14.2 Å². The maximum Gasteiger partial charge on any atom is 0.262 e. The molecular formula is C27H30BrN3O4. The molecule has 7 nitrogen and oxygen atoms in total. The summed E-state index contributed by atoms with van der Waals surface area (Å²) in [6, 6.07) is 19.9. The number of anilines is 3. The molecule has 1 heterocycles. The van der Waals surface area contributed by atoms with Gasteiger partial charge in [-0.15, -0.1) is 0 Å². The molecule has 3 aromatic rings. The SMILES string of the molecule is COc1cc(CNc2ccc(N3CCOCC3)cc2)cc(Br)c1OCC(=O)Nc1ccc(C)cc1. The third kappa shape index (κ3) is 6.90. The van der Waals surface area contributed by atoms with E-state index in [1.54, 1.807) is 7.11 Å². The molecule has 0 bridgehead atoms. The summed E-state index contributed by atoms with van der Waals surface area (Å²) in [6.07, 6.45) is 0. The second-order valence-corrected chi connectivity index (χ2v) is 9.17. The Kier molecular flexibility index (Phi) is 8.50. The Morgan fingerprint density at radius 2 is 1.71 bits per heavy atom. The number of nitrogens with one attached hydrogen (secondary N) is 2. The molecule has 8 heteroatoms. The van der Waals surface area contributed by atoms with E-state index in [2.05, 4.69) is 55.7 Å². The second kappa shape index (κ2) is 12.0. The van der Waals surface area contributed by atoms with Gasteiger partial charge in [0.05, 0.1) is 24.8 Å². The molecule has 1 aliphatic heterocycles. The molecule has 0 aliphatic carbocycles. The Labute approximate surface area is 214 Å². The van der Waals surface area contributed by atoms with Crippen LogP contribution in [0.4, 0.5) is 17.1 Å². The van der Waals surface area contributed by atoms with Gasteiger partial charge in [0.25, 0.3) is 5.91 Å². The lowest BCUT2D eigenvalue weighted by molar-refractivity contribution is -0.118. The largest absolute Gasteiger partial charge is 0.493 e. The van der Waals surface area contributed by atoms with E-state index in [1.807, 2.05) is 43.3 Å². The molecule has 1 saturated heterocycles. The second-order valence-electron chi connectivity index (χ2n) is 8.31. The number of rotatable bonds is 9. The Balaban J connectivity index is 1.33. The van der Waals surface area contributed by atoms with Crippen molar-refractivity contribution < 1.29 is 19.0 Å². The highest BCUT2D eigenvalue weighted by Gasteiger charge is 2.14. The van der Waals surface area contributed by atoms with Crippen molar-refractivity contribution in [3.8, 4) is 11.5 Å². The highest BCUT2D eigenvalue weighted by molar-refractivity contribution is 9.10. The lowest BCUT2D eigenvalue weighted by Gasteiger charge is -2.29. The lowest BCUT2D eigenvalue weighted by atomic mass is 10.2. The van der Waals surface area contributed by atoms with Crippen LogP contribution in [0.1, 0.15) is 11.1 Å². The van der Waals surface area contributed by atoms with Crippen LogP contribution in [-0.2, 0) is 16.1 Å². The van der Waals surface area contributed by atoms with Crippen LogP contribution in [0.15, 0.2) is 65.1 Å². The van der Waals surface area contributed by atoms with Gasteiger partial charge in [0.1, 0.15) is 0 Å². The van der Waals surface area contributed by atoms with Crippen LogP contribution in [0.25, 0.3) is 0 Å². The number of carbonyl (C=O) groups excluding carboxylic acids is 1. The van der Waals surface area contributed by atoms with Crippen molar-refractivity contribution in [2.24, 2.45) is 0 Å². The van der Waals surface area contributed by atoms with E-state index in [9.17, 15) is 4.79 Å². The fourth-order valence-electron chi connectivity index (χ4n) is 3.80. The summed E-state index contributed by atoms with van der Waals surface area (Å²) in [5, 5.41) is 6.28. The van der Waals surface area contributed by atoms with Crippen molar-refractivity contribution in [2.75, 3.05) is 55.6 Å². The van der Waals surface area contributed by atoms with Crippen molar-refractivity contribution in [1.29, 1.82) is 0 Å².